The molecule has 1 atom stereocenters. The SMILES string of the molecule is COc1cc2c(cc1OC)C(NC(=O)Cc1c(C)c3ccc(O)cc3oc1=O)CC2. The van der Waals surface area contributed by atoms with E-state index in [-0.39, 0.29) is 24.1 Å². The van der Waals surface area contributed by atoms with Gasteiger partial charge in [0.15, 0.2) is 11.5 Å². The molecule has 1 aromatic heterocycles. The quantitative estimate of drug-likeness (QED) is 0.628. The maximum Gasteiger partial charge on any atom is 0.340 e. The smallest absolute Gasteiger partial charge is 0.340 e. The lowest BCUT2D eigenvalue weighted by Gasteiger charge is -2.16. The van der Waals surface area contributed by atoms with Crippen LogP contribution in [-0.2, 0) is 17.6 Å². The largest absolute Gasteiger partial charge is 0.508 e. The molecule has 0 fully saturated rings. The van der Waals surface area contributed by atoms with Crippen LogP contribution in [0.2, 0.25) is 0 Å². The molecule has 0 bridgehead atoms. The fraction of sp³-hybridized carbons (Fsp3) is 0.304. The number of carbonyl (C=O) groups excluding carboxylic acids is 1. The third-order valence-corrected chi connectivity index (χ3v) is 5.67. The van der Waals surface area contributed by atoms with Crippen molar-refractivity contribution in [3.63, 3.8) is 0 Å². The van der Waals surface area contributed by atoms with Gasteiger partial charge >= 0.3 is 5.63 Å². The Morgan fingerprint density at radius 3 is 2.67 bits per heavy atom. The first kappa shape index (κ1) is 19.8. The van der Waals surface area contributed by atoms with Gasteiger partial charge in [0.25, 0.3) is 0 Å². The number of amides is 1. The summed E-state index contributed by atoms with van der Waals surface area (Å²) in [6, 6.07) is 8.28. The van der Waals surface area contributed by atoms with Crippen LogP contribution in [0.1, 0.15) is 34.7 Å². The van der Waals surface area contributed by atoms with Gasteiger partial charge in [-0.3, -0.25) is 4.79 Å². The number of fused-ring (bicyclic) bond motifs is 2. The molecule has 156 valence electrons. The predicted molar refractivity (Wildman–Crippen MR) is 111 cm³/mol. The fourth-order valence-corrected chi connectivity index (χ4v) is 4.08. The third kappa shape index (κ3) is 3.47. The Morgan fingerprint density at radius 2 is 1.93 bits per heavy atom. The van der Waals surface area contributed by atoms with Crippen LogP contribution in [0.15, 0.2) is 39.5 Å². The Kier molecular flexibility index (Phi) is 5.11. The summed E-state index contributed by atoms with van der Waals surface area (Å²) in [7, 11) is 3.17. The zero-order valence-electron chi connectivity index (χ0n) is 17.1. The summed E-state index contributed by atoms with van der Waals surface area (Å²) in [5.74, 6) is 1.05. The molecule has 1 aliphatic rings. The van der Waals surface area contributed by atoms with Crippen molar-refractivity contribution in [3.8, 4) is 17.2 Å². The summed E-state index contributed by atoms with van der Waals surface area (Å²) in [6.07, 6.45) is 1.51. The third-order valence-electron chi connectivity index (χ3n) is 5.67. The molecule has 1 amide bonds. The van der Waals surface area contributed by atoms with E-state index < -0.39 is 5.63 Å². The molecule has 0 spiro atoms. The Balaban J connectivity index is 1.57. The standard InChI is InChI=1S/C23H23NO6/c1-12-15-6-5-14(25)9-19(15)30-23(27)16(12)11-22(26)24-18-7-4-13-8-20(28-2)21(29-3)10-17(13)18/h5-6,8-10,18,25H,4,7,11H2,1-3H3,(H,24,26). The monoisotopic (exact) mass is 409 g/mol. The van der Waals surface area contributed by atoms with E-state index in [1.807, 2.05) is 12.1 Å². The Morgan fingerprint density at radius 1 is 1.20 bits per heavy atom. The molecule has 1 heterocycles. The minimum Gasteiger partial charge on any atom is -0.508 e. The molecule has 7 nitrogen and oxygen atoms in total. The highest BCUT2D eigenvalue weighted by Gasteiger charge is 2.27. The molecule has 2 N–H and O–H groups in total. The lowest BCUT2D eigenvalue weighted by atomic mass is 10.0. The summed E-state index contributed by atoms with van der Waals surface area (Å²) in [5, 5.41) is 13.3. The summed E-state index contributed by atoms with van der Waals surface area (Å²) in [6.45, 7) is 1.78. The van der Waals surface area contributed by atoms with Gasteiger partial charge in [0, 0.05) is 11.5 Å². The van der Waals surface area contributed by atoms with Crippen LogP contribution in [0.25, 0.3) is 11.0 Å². The van der Waals surface area contributed by atoms with Crippen molar-refractivity contribution in [2.24, 2.45) is 0 Å². The van der Waals surface area contributed by atoms with E-state index in [1.54, 1.807) is 27.2 Å². The molecule has 30 heavy (non-hydrogen) atoms. The number of rotatable bonds is 5. The summed E-state index contributed by atoms with van der Waals surface area (Å²) < 4.78 is 16.0. The molecular weight excluding hydrogens is 386 g/mol. The second kappa shape index (κ2) is 7.74. The molecule has 0 aliphatic heterocycles. The first-order chi connectivity index (χ1) is 14.4. The van der Waals surface area contributed by atoms with Crippen molar-refractivity contribution >= 4 is 16.9 Å². The number of phenolic OH excluding ortho intramolecular Hbond substituents is 1. The van der Waals surface area contributed by atoms with Crippen molar-refractivity contribution in [3.05, 3.63) is 63.0 Å². The van der Waals surface area contributed by atoms with E-state index >= 15 is 0 Å². The Labute approximate surface area is 173 Å². The van der Waals surface area contributed by atoms with Gasteiger partial charge in [-0.15, -0.1) is 0 Å². The van der Waals surface area contributed by atoms with Crippen LogP contribution in [0.5, 0.6) is 17.2 Å². The topological polar surface area (TPSA) is 98.0 Å². The van der Waals surface area contributed by atoms with Gasteiger partial charge in [0.2, 0.25) is 5.91 Å². The molecule has 0 radical (unpaired) electrons. The molecular formula is C23H23NO6. The predicted octanol–water partition coefficient (Wildman–Crippen LogP) is 3.17. The van der Waals surface area contributed by atoms with Gasteiger partial charge in [-0.1, -0.05) is 0 Å². The maximum absolute atomic E-state index is 12.8. The normalized spacial score (nSPS) is 15.1. The number of benzene rings is 2. The van der Waals surface area contributed by atoms with Crippen molar-refractivity contribution in [1.29, 1.82) is 0 Å². The lowest BCUT2D eigenvalue weighted by molar-refractivity contribution is -0.121. The van der Waals surface area contributed by atoms with E-state index in [1.165, 1.54) is 12.1 Å². The Hall–Kier alpha value is -3.48. The minimum atomic E-state index is -0.570. The van der Waals surface area contributed by atoms with Gasteiger partial charge in [0.1, 0.15) is 11.3 Å². The number of carbonyl (C=O) groups is 1. The van der Waals surface area contributed by atoms with E-state index in [0.717, 1.165) is 24.0 Å². The summed E-state index contributed by atoms with van der Waals surface area (Å²) >= 11 is 0. The second-order valence-electron chi connectivity index (χ2n) is 7.42. The molecule has 1 unspecified atom stereocenters. The summed E-state index contributed by atoms with van der Waals surface area (Å²) in [4.78, 5) is 25.2. The molecule has 3 aromatic rings. The first-order valence-electron chi connectivity index (χ1n) is 9.70. The van der Waals surface area contributed by atoms with Crippen LogP contribution >= 0.6 is 0 Å². The van der Waals surface area contributed by atoms with Crippen molar-refractivity contribution in [2.75, 3.05) is 14.2 Å². The zero-order valence-corrected chi connectivity index (χ0v) is 17.1. The number of methoxy groups -OCH3 is 2. The maximum atomic E-state index is 12.8. The van der Waals surface area contributed by atoms with Crippen LogP contribution in [0.4, 0.5) is 0 Å². The molecule has 0 saturated carbocycles. The Bertz CT molecular complexity index is 1200. The van der Waals surface area contributed by atoms with Gasteiger partial charge in [-0.2, -0.15) is 0 Å². The average molecular weight is 409 g/mol. The van der Waals surface area contributed by atoms with Crippen LogP contribution < -0.4 is 20.4 Å². The number of aromatic hydroxyl groups is 1. The van der Waals surface area contributed by atoms with E-state index in [9.17, 15) is 14.7 Å². The zero-order chi connectivity index (χ0) is 21.4. The number of hydrogen-bond donors (Lipinski definition) is 2. The number of phenols is 1. The number of ether oxygens (including phenoxy) is 2. The number of nitrogens with one attached hydrogen (secondary N) is 1. The summed E-state index contributed by atoms with van der Waals surface area (Å²) in [5.41, 5.74) is 2.83. The van der Waals surface area contributed by atoms with Gasteiger partial charge in [0.05, 0.1) is 32.2 Å². The fourth-order valence-electron chi connectivity index (χ4n) is 4.08. The van der Waals surface area contributed by atoms with Crippen LogP contribution in [0, 0.1) is 6.92 Å². The van der Waals surface area contributed by atoms with E-state index in [4.69, 9.17) is 13.9 Å². The number of aryl methyl sites for hydroxylation is 2. The molecule has 1 aliphatic carbocycles. The van der Waals surface area contributed by atoms with Crippen molar-refractivity contribution in [2.45, 2.75) is 32.2 Å². The highest BCUT2D eigenvalue weighted by molar-refractivity contribution is 5.85. The molecule has 7 heteroatoms. The number of hydrogen-bond acceptors (Lipinski definition) is 6. The van der Waals surface area contributed by atoms with Crippen molar-refractivity contribution < 1.29 is 23.8 Å². The minimum absolute atomic E-state index is 0.0162. The van der Waals surface area contributed by atoms with Gasteiger partial charge in [-0.05, 0) is 60.7 Å². The highest BCUT2D eigenvalue weighted by atomic mass is 16.5. The van der Waals surface area contributed by atoms with Gasteiger partial charge in [-0.25, -0.2) is 4.79 Å². The first-order valence-corrected chi connectivity index (χ1v) is 9.70. The lowest BCUT2D eigenvalue weighted by Crippen LogP contribution is -2.30. The molecule has 0 saturated heterocycles. The van der Waals surface area contributed by atoms with Crippen molar-refractivity contribution in [1.82, 2.24) is 5.32 Å². The second-order valence-corrected chi connectivity index (χ2v) is 7.42. The van der Waals surface area contributed by atoms with Crippen LogP contribution in [-0.4, -0.2) is 25.2 Å². The van der Waals surface area contributed by atoms with E-state index in [2.05, 4.69) is 5.32 Å². The average Bonchev–Trinajstić information content (AvgIpc) is 3.11. The van der Waals surface area contributed by atoms with Crippen LogP contribution in [0.3, 0.4) is 0 Å². The molecule has 4 rings (SSSR count). The molecule has 2 aromatic carbocycles. The van der Waals surface area contributed by atoms with E-state index in [0.29, 0.717) is 33.6 Å². The highest BCUT2D eigenvalue weighted by Crippen LogP contribution is 2.39. The van der Waals surface area contributed by atoms with Gasteiger partial charge < -0.3 is 24.3 Å².